The number of nitrogens with zero attached hydrogens (tertiary/aromatic N) is 1. The van der Waals surface area contributed by atoms with Crippen molar-refractivity contribution in [2.75, 3.05) is 12.3 Å². The van der Waals surface area contributed by atoms with Gasteiger partial charge in [-0.05, 0) is 50.3 Å². The number of aryl methyl sites for hydroxylation is 1. The average Bonchev–Trinajstić information content (AvgIpc) is 2.66. The molecule has 0 saturated carbocycles. The van der Waals surface area contributed by atoms with E-state index in [9.17, 15) is 12.8 Å². The highest BCUT2D eigenvalue weighted by atomic mass is 32.2. The van der Waals surface area contributed by atoms with Crippen LogP contribution in [-0.2, 0) is 10.0 Å². The van der Waals surface area contributed by atoms with Crippen molar-refractivity contribution in [2.45, 2.75) is 45.1 Å². The maximum atomic E-state index is 13.6. The molecule has 1 saturated heterocycles. The van der Waals surface area contributed by atoms with E-state index in [2.05, 4.69) is 0 Å². The van der Waals surface area contributed by atoms with Crippen LogP contribution in [0.3, 0.4) is 0 Å². The second-order valence-electron chi connectivity index (χ2n) is 5.81. The fraction of sp³-hybridized carbons (Fsp3) is 0.571. The Hall–Kier alpha value is -1.14. The lowest BCUT2D eigenvalue weighted by Gasteiger charge is -2.24. The Balaban J connectivity index is 2.59. The molecule has 2 atom stereocenters. The zero-order valence-corrected chi connectivity index (χ0v) is 13.1. The minimum atomic E-state index is -3.63. The van der Waals surface area contributed by atoms with Crippen LogP contribution in [0.15, 0.2) is 11.0 Å². The molecule has 1 heterocycles. The van der Waals surface area contributed by atoms with Crippen molar-refractivity contribution in [3.63, 3.8) is 0 Å². The van der Waals surface area contributed by atoms with E-state index in [0.29, 0.717) is 23.6 Å². The standard InChI is InChI=1S/C14H21FN2O2S/c1-8-5-10(3)17(7-8)20(18,19)14-9(2)6-12(15)13(16)11(14)4/h6,8,10H,5,7,16H2,1-4H3. The lowest BCUT2D eigenvalue weighted by molar-refractivity contribution is 0.405. The largest absolute Gasteiger partial charge is 0.396 e. The second-order valence-corrected chi connectivity index (χ2v) is 7.64. The first-order chi connectivity index (χ1) is 9.16. The number of benzene rings is 1. The predicted octanol–water partition coefficient (Wildman–Crippen LogP) is 2.44. The summed E-state index contributed by atoms with van der Waals surface area (Å²) in [6.45, 7) is 7.60. The summed E-state index contributed by atoms with van der Waals surface area (Å²) in [5.41, 5.74) is 6.27. The Kier molecular flexibility index (Phi) is 3.81. The summed E-state index contributed by atoms with van der Waals surface area (Å²) < 4.78 is 40.8. The first-order valence-corrected chi connectivity index (χ1v) is 8.17. The van der Waals surface area contributed by atoms with E-state index in [0.717, 1.165) is 6.42 Å². The number of sulfonamides is 1. The summed E-state index contributed by atoms with van der Waals surface area (Å²) in [7, 11) is -3.63. The number of rotatable bonds is 2. The molecule has 0 aliphatic carbocycles. The van der Waals surface area contributed by atoms with E-state index in [4.69, 9.17) is 5.73 Å². The zero-order valence-electron chi connectivity index (χ0n) is 12.3. The van der Waals surface area contributed by atoms with Gasteiger partial charge in [0.05, 0.1) is 10.6 Å². The Morgan fingerprint density at radius 1 is 1.35 bits per heavy atom. The minimum absolute atomic E-state index is 0.0416. The maximum absolute atomic E-state index is 13.6. The molecule has 0 aromatic heterocycles. The molecule has 2 unspecified atom stereocenters. The molecule has 1 fully saturated rings. The summed E-state index contributed by atoms with van der Waals surface area (Å²) in [5, 5.41) is 0. The van der Waals surface area contributed by atoms with Gasteiger partial charge in [-0.15, -0.1) is 0 Å². The first kappa shape index (κ1) is 15.3. The Bertz CT molecular complexity index is 643. The molecular weight excluding hydrogens is 279 g/mol. The van der Waals surface area contributed by atoms with Gasteiger partial charge in [0.25, 0.3) is 0 Å². The van der Waals surface area contributed by atoms with Crippen LogP contribution in [0.4, 0.5) is 10.1 Å². The predicted molar refractivity (Wildman–Crippen MR) is 77.4 cm³/mol. The third-order valence-corrected chi connectivity index (χ3v) is 6.27. The molecular formula is C14H21FN2O2S. The number of anilines is 1. The van der Waals surface area contributed by atoms with Crippen LogP contribution in [0, 0.1) is 25.6 Å². The third-order valence-electron chi connectivity index (χ3n) is 4.00. The van der Waals surface area contributed by atoms with E-state index in [1.165, 1.54) is 10.4 Å². The van der Waals surface area contributed by atoms with Crippen molar-refractivity contribution in [1.82, 2.24) is 4.31 Å². The van der Waals surface area contributed by atoms with E-state index in [-0.39, 0.29) is 16.6 Å². The number of hydrogen-bond acceptors (Lipinski definition) is 3. The number of hydrogen-bond donors (Lipinski definition) is 1. The van der Waals surface area contributed by atoms with E-state index >= 15 is 0 Å². The van der Waals surface area contributed by atoms with E-state index < -0.39 is 15.8 Å². The van der Waals surface area contributed by atoms with Gasteiger partial charge in [0, 0.05) is 12.6 Å². The van der Waals surface area contributed by atoms with Gasteiger partial charge in [-0.2, -0.15) is 4.31 Å². The SMILES string of the molecule is Cc1cc(F)c(N)c(C)c1S(=O)(=O)N1CC(C)CC1C. The normalized spacial score (nSPS) is 24.2. The second kappa shape index (κ2) is 5.00. The molecule has 1 aromatic carbocycles. The summed E-state index contributed by atoms with van der Waals surface area (Å²) in [5.74, 6) is -0.236. The number of nitrogen functional groups attached to an aromatic ring is 1. The number of nitrogens with two attached hydrogens (primary N) is 1. The minimum Gasteiger partial charge on any atom is -0.396 e. The Morgan fingerprint density at radius 3 is 2.45 bits per heavy atom. The maximum Gasteiger partial charge on any atom is 0.243 e. The van der Waals surface area contributed by atoms with Gasteiger partial charge in [0.1, 0.15) is 5.82 Å². The highest BCUT2D eigenvalue weighted by Gasteiger charge is 2.38. The molecule has 1 aliphatic heterocycles. The zero-order chi connectivity index (χ0) is 15.2. The summed E-state index contributed by atoms with van der Waals surface area (Å²) in [4.78, 5) is 0.150. The molecule has 112 valence electrons. The van der Waals surface area contributed by atoms with Gasteiger partial charge >= 0.3 is 0 Å². The molecule has 6 heteroatoms. The highest BCUT2D eigenvalue weighted by molar-refractivity contribution is 7.89. The van der Waals surface area contributed by atoms with Crippen molar-refractivity contribution in [3.05, 3.63) is 23.0 Å². The van der Waals surface area contributed by atoms with Crippen molar-refractivity contribution in [1.29, 1.82) is 0 Å². The lowest BCUT2D eigenvalue weighted by atomic mass is 10.1. The molecule has 1 aromatic rings. The first-order valence-electron chi connectivity index (χ1n) is 6.73. The van der Waals surface area contributed by atoms with Crippen LogP contribution in [0.2, 0.25) is 0 Å². The monoisotopic (exact) mass is 300 g/mol. The van der Waals surface area contributed by atoms with Crippen molar-refractivity contribution >= 4 is 15.7 Å². The van der Waals surface area contributed by atoms with Crippen LogP contribution in [0.25, 0.3) is 0 Å². The molecule has 0 amide bonds. The van der Waals surface area contributed by atoms with Crippen LogP contribution >= 0.6 is 0 Å². The van der Waals surface area contributed by atoms with E-state index in [1.807, 2.05) is 13.8 Å². The lowest BCUT2D eigenvalue weighted by Crippen LogP contribution is -2.35. The van der Waals surface area contributed by atoms with Gasteiger partial charge < -0.3 is 5.73 Å². The van der Waals surface area contributed by atoms with Gasteiger partial charge in [-0.1, -0.05) is 6.92 Å². The van der Waals surface area contributed by atoms with Crippen LogP contribution in [-0.4, -0.2) is 25.3 Å². The molecule has 0 spiro atoms. The Morgan fingerprint density at radius 2 is 1.95 bits per heavy atom. The van der Waals surface area contributed by atoms with Crippen molar-refractivity contribution in [2.24, 2.45) is 5.92 Å². The van der Waals surface area contributed by atoms with Gasteiger partial charge in [-0.25, -0.2) is 12.8 Å². The van der Waals surface area contributed by atoms with Gasteiger partial charge in [-0.3, -0.25) is 0 Å². The quantitative estimate of drug-likeness (QED) is 0.853. The molecule has 4 nitrogen and oxygen atoms in total. The smallest absolute Gasteiger partial charge is 0.243 e. The molecule has 0 radical (unpaired) electrons. The molecule has 2 rings (SSSR count). The summed E-state index contributed by atoms with van der Waals surface area (Å²) in [6.07, 6.45) is 0.841. The molecule has 0 bridgehead atoms. The molecule has 20 heavy (non-hydrogen) atoms. The fourth-order valence-corrected chi connectivity index (χ4v) is 5.25. The summed E-state index contributed by atoms with van der Waals surface area (Å²) in [6, 6.07) is 1.15. The van der Waals surface area contributed by atoms with Crippen LogP contribution in [0.1, 0.15) is 31.4 Å². The van der Waals surface area contributed by atoms with Crippen LogP contribution < -0.4 is 5.73 Å². The number of halogens is 1. The van der Waals surface area contributed by atoms with Gasteiger partial charge in [0.2, 0.25) is 10.0 Å². The van der Waals surface area contributed by atoms with Crippen molar-refractivity contribution < 1.29 is 12.8 Å². The molecule has 1 aliphatic rings. The van der Waals surface area contributed by atoms with Crippen molar-refractivity contribution in [3.8, 4) is 0 Å². The highest BCUT2D eigenvalue weighted by Crippen LogP contribution is 2.34. The van der Waals surface area contributed by atoms with Crippen LogP contribution in [0.5, 0.6) is 0 Å². The molecule has 2 N–H and O–H groups in total. The fourth-order valence-electron chi connectivity index (χ4n) is 3.04. The third kappa shape index (κ3) is 2.31. The van der Waals surface area contributed by atoms with Gasteiger partial charge in [0.15, 0.2) is 0 Å². The Labute approximate surface area is 119 Å². The average molecular weight is 300 g/mol. The van der Waals surface area contributed by atoms with E-state index in [1.54, 1.807) is 13.8 Å². The summed E-state index contributed by atoms with van der Waals surface area (Å²) >= 11 is 0. The topological polar surface area (TPSA) is 63.4 Å².